The van der Waals surface area contributed by atoms with E-state index in [9.17, 15) is 9.90 Å². The summed E-state index contributed by atoms with van der Waals surface area (Å²) < 4.78 is 31.5. The summed E-state index contributed by atoms with van der Waals surface area (Å²) in [6.45, 7) is 8.14. The van der Waals surface area contributed by atoms with Crippen LogP contribution in [0.4, 0.5) is 4.79 Å². The van der Waals surface area contributed by atoms with Gasteiger partial charge in [-0.15, -0.1) is 0 Å². The maximum Gasteiger partial charge on any atom is 0.408 e. The van der Waals surface area contributed by atoms with E-state index in [1.54, 1.807) is 0 Å². The summed E-state index contributed by atoms with van der Waals surface area (Å²) in [5.41, 5.74) is 1.80. The number of fused-ring (bicyclic) bond motifs is 4. The number of nitrogens with one attached hydrogen (secondary N) is 1. The van der Waals surface area contributed by atoms with Crippen molar-refractivity contribution in [2.45, 2.75) is 57.1 Å². The molecule has 4 aliphatic heterocycles. The van der Waals surface area contributed by atoms with Crippen LogP contribution in [0.5, 0.6) is 0 Å². The molecule has 2 aromatic carbocycles. The predicted molar refractivity (Wildman–Crippen MR) is 138 cm³/mol. The van der Waals surface area contributed by atoms with Crippen molar-refractivity contribution >= 4 is 17.0 Å². The van der Waals surface area contributed by atoms with Gasteiger partial charge in [0.15, 0.2) is 0 Å². The van der Waals surface area contributed by atoms with Gasteiger partial charge < -0.3 is 38.7 Å². The first-order valence-corrected chi connectivity index (χ1v) is 13.0. The number of aliphatic hydroxyl groups is 1. The van der Waals surface area contributed by atoms with Crippen LogP contribution in [0.3, 0.4) is 0 Å². The zero-order valence-electron chi connectivity index (χ0n) is 21.9. The molecule has 7 rings (SSSR count). The van der Waals surface area contributed by atoms with Crippen molar-refractivity contribution in [2.75, 3.05) is 26.4 Å². The third-order valence-corrected chi connectivity index (χ3v) is 7.85. The maximum absolute atomic E-state index is 13.0. The maximum atomic E-state index is 13.0. The Labute approximate surface area is 221 Å². The highest BCUT2D eigenvalue weighted by atomic mass is 16.9. The van der Waals surface area contributed by atoms with E-state index in [4.69, 9.17) is 23.7 Å². The number of epoxide rings is 1. The number of carbonyl (C=O) groups is 1. The molecule has 1 aromatic heterocycles. The second-order valence-corrected chi connectivity index (χ2v) is 11.4. The standard InChI is InChI=1S/C29H34N2O7/c1-27(2,23-15-34-23)31-13-21(20-11-7-8-12-22(20)31)24(32)25(29-36-16-28(3,17-37-29)18-38-29)30-26(33)35-14-19-9-5-4-6-10-19/h4-13,23-25,32H,14-18H2,1-3H3,(H,30,33)/t23-,24+,25-,28?,29?/m0/s1. The molecule has 4 aliphatic rings. The van der Waals surface area contributed by atoms with Crippen LogP contribution in [0, 0.1) is 5.41 Å². The highest BCUT2D eigenvalue weighted by Crippen LogP contribution is 2.44. The number of nitrogens with zero attached hydrogens (tertiary/aromatic N) is 1. The van der Waals surface area contributed by atoms with Gasteiger partial charge in [0, 0.05) is 28.1 Å². The van der Waals surface area contributed by atoms with Crippen LogP contribution in [0.25, 0.3) is 10.9 Å². The molecule has 4 saturated heterocycles. The van der Waals surface area contributed by atoms with Crippen LogP contribution in [0.15, 0.2) is 60.8 Å². The van der Waals surface area contributed by atoms with Gasteiger partial charge in [-0.25, -0.2) is 4.79 Å². The SMILES string of the molecule is CC12COC([C@@H](NC(=O)OCc3ccccc3)[C@H](O)c3cn(C(C)(C)[C@@H]4CO4)c4ccccc34)(OC1)OC2. The minimum absolute atomic E-state index is 0.0770. The number of ether oxygens (including phenoxy) is 5. The Hall–Kier alpha value is -2.95. The minimum Gasteiger partial charge on any atom is -0.445 e. The van der Waals surface area contributed by atoms with Crippen molar-refractivity contribution in [1.29, 1.82) is 0 Å². The number of rotatable bonds is 8. The smallest absolute Gasteiger partial charge is 0.408 e. The Kier molecular flexibility index (Phi) is 6.24. The number of amides is 1. The van der Waals surface area contributed by atoms with E-state index in [0.717, 1.165) is 16.5 Å². The van der Waals surface area contributed by atoms with Crippen molar-refractivity contribution in [3.63, 3.8) is 0 Å². The molecule has 3 aromatic rings. The largest absolute Gasteiger partial charge is 0.445 e. The fraction of sp³-hybridized carbons (Fsp3) is 0.483. The van der Waals surface area contributed by atoms with Crippen LogP contribution < -0.4 is 5.32 Å². The molecule has 0 spiro atoms. The summed E-state index contributed by atoms with van der Waals surface area (Å²) in [6.07, 6.45) is 0.0577. The number of aliphatic hydroxyl groups excluding tert-OH is 1. The summed E-state index contributed by atoms with van der Waals surface area (Å²) in [6, 6.07) is 16.2. The number of benzene rings is 2. The van der Waals surface area contributed by atoms with Crippen LogP contribution >= 0.6 is 0 Å². The molecule has 5 heterocycles. The number of para-hydroxylation sites is 1. The Morgan fingerprint density at radius 2 is 1.74 bits per heavy atom. The van der Waals surface area contributed by atoms with Gasteiger partial charge in [0.2, 0.25) is 0 Å². The lowest BCUT2D eigenvalue weighted by Crippen LogP contribution is -2.68. The second kappa shape index (κ2) is 9.36. The van der Waals surface area contributed by atoms with Gasteiger partial charge >= 0.3 is 12.1 Å². The molecule has 4 fully saturated rings. The molecule has 202 valence electrons. The van der Waals surface area contributed by atoms with E-state index in [-0.39, 0.29) is 23.7 Å². The van der Waals surface area contributed by atoms with E-state index in [1.807, 2.05) is 67.7 Å². The summed E-state index contributed by atoms with van der Waals surface area (Å²) >= 11 is 0. The molecule has 0 saturated carbocycles. The van der Waals surface area contributed by atoms with Gasteiger partial charge in [-0.1, -0.05) is 55.5 Å². The van der Waals surface area contributed by atoms with Crippen LogP contribution in [0.2, 0.25) is 0 Å². The van der Waals surface area contributed by atoms with Crippen LogP contribution in [-0.4, -0.2) is 60.3 Å². The molecule has 0 radical (unpaired) electrons. The number of carbonyl (C=O) groups excluding carboxylic acids is 1. The Morgan fingerprint density at radius 3 is 2.39 bits per heavy atom. The first-order valence-electron chi connectivity index (χ1n) is 13.0. The summed E-state index contributed by atoms with van der Waals surface area (Å²) in [5.74, 6) is -1.65. The van der Waals surface area contributed by atoms with Crippen LogP contribution in [-0.2, 0) is 35.8 Å². The van der Waals surface area contributed by atoms with Gasteiger partial charge in [0.25, 0.3) is 0 Å². The third-order valence-electron chi connectivity index (χ3n) is 7.85. The fourth-order valence-electron chi connectivity index (χ4n) is 5.31. The van der Waals surface area contributed by atoms with Crippen molar-refractivity contribution in [1.82, 2.24) is 9.88 Å². The van der Waals surface area contributed by atoms with Crippen LogP contribution in [0.1, 0.15) is 38.0 Å². The predicted octanol–water partition coefficient (Wildman–Crippen LogP) is 3.84. The second-order valence-electron chi connectivity index (χ2n) is 11.4. The topological polar surface area (TPSA) is 104 Å². The first-order chi connectivity index (χ1) is 18.2. The van der Waals surface area contributed by atoms with Gasteiger partial charge in [-0.3, -0.25) is 0 Å². The highest BCUT2D eigenvalue weighted by Gasteiger charge is 2.58. The Bertz CT molecular complexity index is 1290. The molecule has 0 unspecified atom stereocenters. The molecule has 38 heavy (non-hydrogen) atoms. The van der Waals surface area contributed by atoms with Crippen molar-refractivity contribution in [2.24, 2.45) is 5.41 Å². The Morgan fingerprint density at radius 1 is 1.11 bits per heavy atom. The number of alkyl carbamates (subject to hydrolysis) is 1. The number of hydrogen-bond donors (Lipinski definition) is 2. The highest BCUT2D eigenvalue weighted by molar-refractivity contribution is 5.85. The van der Waals surface area contributed by atoms with E-state index < -0.39 is 24.2 Å². The molecule has 2 bridgehead atoms. The van der Waals surface area contributed by atoms with Crippen molar-refractivity contribution in [3.05, 3.63) is 71.9 Å². The van der Waals surface area contributed by atoms with E-state index in [0.29, 0.717) is 32.0 Å². The van der Waals surface area contributed by atoms with Gasteiger partial charge in [-0.05, 0) is 25.5 Å². The third kappa shape index (κ3) is 4.48. The Balaban J connectivity index is 1.33. The van der Waals surface area contributed by atoms with E-state index in [2.05, 4.69) is 23.7 Å². The normalized spacial score (nSPS) is 28.2. The lowest BCUT2D eigenvalue weighted by Gasteiger charge is -2.53. The fourth-order valence-corrected chi connectivity index (χ4v) is 5.31. The van der Waals surface area contributed by atoms with Gasteiger partial charge in [-0.2, -0.15) is 0 Å². The molecule has 3 atom stereocenters. The van der Waals surface area contributed by atoms with Gasteiger partial charge in [0.1, 0.15) is 24.9 Å². The molecule has 2 N–H and O–H groups in total. The first kappa shape index (κ1) is 25.3. The summed E-state index contributed by atoms with van der Waals surface area (Å²) in [5, 5.41) is 15.6. The lowest BCUT2D eigenvalue weighted by atomic mass is 9.89. The lowest BCUT2D eigenvalue weighted by molar-refractivity contribution is -0.478. The molecule has 9 heteroatoms. The average Bonchev–Trinajstić information content (AvgIpc) is 3.73. The quantitative estimate of drug-likeness (QED) is 0.433. The summed E-state index contributed by atoms with van der Waals surface area (Å²) in [4.78, 5) is 13.0. The number of aromatic nitrogens is 1. The average molecular weight is 523 g/mol. The zero-order chi connectivity index (χ0) is 26.5. The molecular formula is C29H34N2O7. The molecule has 0 aliphatic carbocycles. The van der Waals surface area contributed by atoms with Gasteiger partial charge in [0.05, 0.1) is 32.0 Å². The monoisotopic (exact) mass is 522 g/mol. The van der Waals surface area contributed by atoms with E-state index >= 15 is 0 Å². The summed E-state index contributed by atoms with van der Waals surface area (Å²) in [7, 11) is 0. The minimum atomic E-state index is -1.65. The van der Waals surface area contributed by atoms with E-state index in [1.165, 1.54) is 0 Å². The van der Waals surface area contributed by atoms with Crippen molar-refractivity contribution in [3.8, 4) is 0 Å². The van der Waals surface area contributed by atoms with Crippen molar-refractivity contribution < 1.29 is 33.6 Å². The zero-order valence-corrected chi connectivity index (χ0v) is 21.9. The molecular weight excluding hydrogens is 488 g/mol. The number of hydrogen-bond acceptors (Lipinski definition) is 7. The molecule has 9 nitrogen and oxygen atoms in total. The molecule has 1 amide bonds.